The quantitative estimate of drug-likeness (QED) is 0.482. The summed E-state index contributed by atoms with van der Waals surface area (Å²) in [4.78, 5) is 34.4. The molecule has 1 aromatic rings. The number of ether oxygens (including phenoxy) is 2. The molecule has 8 heteroatoms. The molecular formula is C14H15ClN2O5. The fourth-order valence-electron chi connectivity index (χ4n) is 1.41. The first kappa shape index (κ1) is 17.5. The summed E-state index contributed by atoms with van der Waals surface area (Å²) in [7, 11) is 1.40. The number of hydrogen-bond donors (Lipinski definition) is 2. The molecule has 0 fully saturated rings. The molecule has 0 aromatic heterocycles. The zero-order valence-electron chi connectivity index (χ0n) is 12.0. The van der Waals surface area contributed by atoms with Gasteiger partial charge < -0.3 is 9.47 Å². The van der Waals surface area contributed by atoms with Crippen molar-refractivity contribution in [2.45, 2.75) is 6.92 Å². The van der Waals surface area contributed by atoms with Crippen molar-refractivity contribution in [3.05, 3.63) is 40.9 Å². The maximum Gasteiger partial charge on any atom is 0.330 e. The summed E-state index contributed by atoms with van der Waals surface area (Å²) in [6.07, 6.45) is 2.65. The number of amides is 2. The summed E-state index contributed by atoms with van der Waals surface area (Å²) >= 11 is 5.81. The molecule has 0 unspecified atom stereocenters. The van der Waals surface area contributed by atoms with E-state index in [1.54, 1.807) is 13.0 Å². The molecule has 0 saturated heterocycles. The van der Waals surface area contributed by atoms with E-state index in [1.165, 1.54) is 31.4 Å². The van der Waals surface area contributed by atoms with Gasteiger partial charge in [0.15, 0.2) is 6.61 Å². The average Bonchev–Trinajstić information content (AvgIpc) is 2.50. The van der Waals surface area contributed by atoms with Gasteiger partial charge in [0.25, 0.3) is 11.8 Å². The maximum atomic E-state index is 11.9. The van der Waals surface area contributed by atoms with E-state index >= 15 is 0 Å². The lowest BCUT2D eigenvalue weighted by molar-refractivity contribution is -0.144. The van der Waals surface area contributed by atoms with Crippen LogP contribution in [0.25, 0.3) is 0 Å². The van der Waals surface area contributed by atoms with Gasteiger partial charge in [-0.1, -0.05) is 17.7 Å². The minimum absolute atomic E-state index is 0.154. The van der Waals surface area contributed by atoms with Crippen molar-refractivity contribution < 1.29 is 23.9 Å². The van der Waals surface area contributed by atoms with E-state index in [-0.39, 0.29) is 5.56 Å². The zero-order valence-corrected chi connectivity index (χ0v) is 12.8. The molecule has 0 bridgehead atoms. The van der Waals surface area contributed by atoms with Crippen LogP contribution in [0.3, 0.4) is 0 Å². The van der Waals surface area contributed by atoms with E-state index in [0.29, 0.717) is 10.8 Å². The van der Waals surface area contributed by atoms with Crippen molar-refractivity contribution >= 4 is 29.4 Å². The molecule has 0 aliphatic rings. The molecule has 0 aliphatic carbocycles. The van der Waals surface area contributed by atoms with E-state index in [1.807, 2.05) is 0 Å². The predicted molar refractivity (Wildman–Crippen MR) is 79.4 cm³/mol. The second kappa shape index (κ2) is 8.68. The topological polar surface area (TPSA) is 93.7 Å². The number of benzene rings is 1. The summed E-state index contributed by atoms with van der Waals surface area (Å²) in [6, 6.07) is 4.49. The van der Waals surface area contributed by atoms with Gasteiger partial charge in [0.05, 0.1) is 12.7 Å². The number of methoxy groups -OCH3 is 1. The summed E-state index contributed by atoms with van der Waals surface area (Å²) < 4.78 is 9.64. The van der Waals surface area contributed by atoms with E-state index < -0.39 is 24.4 Å². The monoisotopic (exact) mass is 326 g/mol. The van der Waals surface area contributed by atoms with Crippen LogP contribution in [-0.2, 0) is 14.3 Å². The number of hydrogen-bond acceptors (Lipinski definition) is 5. The minimum atomic E-state index is -0.688. The van der Waals surface area contributed by atoms with Crippen molar-refractivity contribution in [2.75, 3.05) is 13.7 Å². The zero-order chi connectivity index (χ0) is 16.5. The highest BCUT2D eigenvalue weighted by Gasteiger charge is 2.14. The van der Waals surface area contributed by atoms with Gasteiger partial charge in [0, 0.05) is 11.1 Å². The van der Waals surface area contributed by atoms with Crippen LogP contribution in [0.5, 0.6) is 5.75 Å². The molecule has 0 saturated carbocycles. The molecule has 1 aromatic carbocycles. The van der Waals surface area contributed by atoms with E-state index in [9.17, 15) is 14.4 Å². The average molecular weight is 327 g/mol. The molecule has 0 heterocycles. The molecule has 7 nitrogen and oxygen atoms in total. The van der Waals surface area contributed by atoms with Crippen LogP contribution in [0.15, 0.2) is 30.4 Å². The first-order valence-electron chi connectivity index (χ1n) is 6.20. The molecule has 22 heavy (non-hydrogen) atoms. The van der Waals surface area contributed by atoms with Gasteiger partial charge in [-0.3, -0.25) is 20.4 Å². The number of allylic oxidation sites excluding steroid dienone is 1. The number of carbonyl (C=O) groups is 3. The Hall–Kier alpha value is -2.54. The lowest BCUT2D eigenvalue weighted by Gasteiger charge is -2.10. The van der Waals surface area contributed by atoms with Gasteiger partial charge in [0.1, 0.15) is 5.75 Å². The third-order valence-electron chi connectivity index (χ3n) is 2.37. The Bertz CT molecular complexity index is 601. The number of rotatable bonds is 5. The van der Waals surface area contributed by atoms with Crippen molar-refractivity contribution in [1.29, 1.82) is 0 Å². The standard InChI is InChI=1S/C14H15ClN2O5/c1-3-4-13(19)22-8-12(18)16-17-14(20)10-7-9(15)5-6-11(10)21-2/h3-7H,8H2,1-2H3,(H,16,18)(H,17,20)/b4-3+. The highest BCUT2D eigenvalue weighted by molar-refractivity contribution is 6.31. The van der Waals surface area contributed by atoms with E-state index in [0.717, 1.165) is 0 Å². The Balaban J connectivity index is 2.54. The largest absolute Gasteiger partial charge is 0.496 e. The molecule has 0 spiro atoms. The van der Waals surface area contributed by atoms with Crippen molar-refractivity contribution in [3.63, 3.8) is 0 Å². The van der Waals surface area contributed by atoms with E-state index in [2.05, 4.69) is 15.6 Å². The summed E-state index contributed by atoms with van der Waals surface area (Å²) in [5, 5.41) is 0.345. The molecule has 2 amide bonds. The summed E-state index contributed by atoms with van der Waals surface area (Å²) in [5.74, 6) is -1.66. The lowest BCUT2D eigenvalue weighted by Crippen LogP contribution is -2.43. The number of nitrogens with one attached hydrogen (secondary N) is 2. The second-order valence-corrected chi connectivity index (χ2v) is 4.39. The lowest BCUT2D eigenvalue weighted by atomic mass is 10.2. The Labute approximate surface area is 132 Å². The second-order valence-electron chi connectivity index (χ2n) is 3.95. The van der Waals surface area contributed by atoms with Crippen LogP contribution >= 0.6 is 11.6 Å². The molecule has 1 rings (SSSR count). The Morgan fingerprint density at radius 1 is 1.27 bits per heavy atom. The van der Waals surface area contributed by atoms with Crippen LogP contribution in [0.4, 0.5) is 0 Å². The third-order valence-corrected chi connectivity index (χ3v) is 2.60. The van der Waals surface area contributed by atoms with Gasteiger partial charge in [-0.05, 0) is 25.1 Å². The third kappa shape index (κ3) is 5.45. The van der Waals surface area contributed by atoms with Crippen molar-refractivity contribution in [3.8, 4) is 5.75 Å². The van der Waals surface area contributed by atoms with Gasteiger partial charge in [-0.25, -0.2) is 4.79 Å². The number of hydrazine groups is 1. The normalized spacial score (nSPS) is 10.1. The molecular weight excluding hydrogens is 312 g/mol. The van der Waals surface area contributed by atoms with Crippen LogP contribution in [-0.4, -0.2) is 31.5 Å². The highest BCUT2D eigenvalue weighted by atomic mass is 35.5. The number of halogens is 1. The Morgan fingerprint density at radius 3 is 2.64 bits per heavy atom. The number of esters is 1. The van der Waals surface area contributed by atoms with Crippen molar-refractivity contribution in [2.24, 2.45) is 0 Å². The minimum Gasteiger partial charge on any atom is -0.496 e. The Kier molecular flexibility index (Phi) is 6.91. The molecule has 0 atom stereocenters. The molecule has 2 N–H and O–H groups in total. The van der Waals surface area contributed by atoms with Gasteiger partial charge in [-0.15, -0.1) is 0 Å². The molecule has 118 valence electrons. The Morgan fingerprint density at radius 2 is 2.00 bits per heavy atom. The van der Waals surface area contributed by atoms with Crippen LogP contribution in [0.2, 0.25) is 5.02 Å². The van der Waals surface area contributed by atoms with Crippen molar-refractivity contribution in [1.82, 2.24) is 10.9 Å². The summed E-state index contributed by atoms with van der Waals surface area (Å²) in [5.41, 5.74) is 4.43. The first-order valence-corrected chi connectivity index (χ1v) is 6.58. The van der Waals surface area contributed by atoms with Crippen LogP contribution in [0, 0.1) is 0 Å². The SMILES string of the molecule is C/C=C/C(=O)OCC(=O)NNC(=O)c1cc(Cl)ccc1OC. The highest BCUT2D eigenvalue weighted by Crippen LogP contribution is 2.22. The molecule has 0 radical (unpaired) electrons. The van der Waals surface area contributed by atoms with E-state index in [4.69, 9.17) is 16.3 Å². The number of carbonyl (C=O) groups excluding carboxylic acids is 3. The van der Waals surface area contributed by atoms with Gasteiger partial charge in [-0.2, -0.15) is 0 Å². The van der Waals surface area contributed by atoms with Crippen LogP contribution < -0.4 is 15.6 Å². The van der Waals surface area contributed by atoms with Gasteiger partial charge >= 0.3 is 5.97 Å². The predicted octanol–water partition coefficient (Wildman–Crippen LogP) is 1.23. The smallest absolute Gasteiger partial charge is 0.330 e. The summed E-state index contributed by atoms with van der Waals surface area (Å²) in [6.45, 7) is 1.12. The fraction of sp³-hybridized carbons (Fsp3) is 0.214. The maximum absolute atomic E-state index is 11.9. The van der Waals surface area contributed by atoms with Crippen LogP contribution in [0.1, 0.15) is 17.3 Å². The fourth-order valence-corrected chi connectivity index (χ4v) is 1.58. The molecule has 0 aliphatic heterocycles. The first-order chi connectivity index (χ1) is 10.5. The van der Waals surface area contributed by atoms with Gasteiger partial charge in [0.2, 0.25) is 0 Å².